The van der Waals surface area contributed by atoms with Crippen LogP contribution in [0.15, 0.2) is 102 Å². The standard InChI is InChI=1S/C32H26Cl2FN3O/c33-24-10-4-8-22(16-24)27-14-15-38(31(39)36-19-21-6-2-1-3-7-21)30(23-9-5-11-26(35)17-23)32(27)20-37-29-18-25(34)12-13-28(29)32/h1-13,16-18,20,27,30H,14-15,19H2,(H,36,39)/t27-,30+,32-/m0/s1. The highest BCUT2D eigenvalue weighted by molar-refractivity contribution is 6.31. The van der Waals surface area contributed by atoms with Gasteiger partial charge in [0.1, 0.15) is 5.82 Å². The predicted molar refractivity (Wildman–Crippen MR) is 155 cm³/mol. The van der Waals surface area contributed by atoms with Crippen LogP contribution in [0.1, 0.15) is 40.6 Å². The average Bonchev–Trinajstić information content (AvgIpc) is 3.30. The minimum absolute atomic E-state index is 0.0752. The predicted octanol–water partition coefficient (Wildman–Crippen LogP) is 8.23. The maximum absolute atomic E-state index is 14.7. The van der Waals surface area contributed by atoms with E-state index in [1.54, 1.807) is 6.07 Å². The summed E-state index contributed by atoms with van der Waals surface area (Å²) >= 11 is 12.8. The number of rotatable bonds is 4. The molecule has 6 rings (SSSR count). The first-order valence-electron chi connectivity index (χ1n) is 12.9. The number of benzene rings is 4. The van der Waals surface area contributed by atoms with Crippen molar-refractivity contribution < 1.29 is 9.18 Å². The molecule has 1 saturated heterocycles. The van der Waals surface area contributed by atoms with Crippen molar-refractivity contribution in [1.82, 2.24) is 10.2 Å². The number of carbonyl (C=O) groups excluding carboxylic acids is 1. The van der Waals surface area contributed by atoms with E-state index < -0.39 is 11.5 Å². The lowest BCUT2D eigenvalue weighted by atomic mass is 9.59. The molecule has 1 spiro atoms. The van der Waals surface area contributed by atoms with E-state index in [9.17, 15) is 9.18 Å². The monoisotopic (exact) mass is 557 g/mol. The molecule has 3 atom stereocenters. The summed E-state index contributed by atoms with van der Waals surface area (Å²) in [5.41, 5.74) is 3.67. The molecule has 196 valence electrons. The van der Waals surface area contributed by atoms with Crippen molar-refractivity contribution in [2.45, 2.75) is 30.3 Å². The van der Waals surface area contributed by atoms with Gasteiger partial charge in [0.25, 0.3) is 0 Å². The van der Waals surface area contributed by atoms with Crippen molar-refractivity contribution >= 4 is 41.1 Å². The largest absolute Gasteiger partial charge is 0.334 e. The van der Waals surface area contributed by atoms with Gasteiger partial charge in [-0.05, 0) is 65.1 Å². The Morgan fingerprint density at radius 3 is 2.49 bits per heavy atom. The van der Waals surface area contributed by atoms with Crippen LogP contribution in [0.4, 0.5) is 14.9 Å². The molecule has 1 fully saturated rings. The quantitative estimate of drug-likeness (QED) is 0.270. The zero-order chi connectivity index (χ0) is 27.0. The molecular formula is C32H26Cl2FN3O. The van der Waals surface area contributed by atoms with Gasteiger partial charge in [-0.25, -0.2) is 9.18 Å². The smallest absolute Gasteiger partial charge is 0.318 e. The van der Waals surface area contributed by atoms with Gasteiger partial charge < -0.3 is 10.2 Å². The molecule has 0 unspecified atom stereocenters. The Kier molecular flexibility index (Phi) is 6.88. The minimum Gasteiger partial charge on any atom is -0.334 e. The molecule has 0 radical (unpaired) electrons. The van der Waals surface area contributed by atoms with Crippen molar-refractivity contribution in [3.63, 3.8) is 0 Å². The molecule has 7 heteroatoms. The second-order valence-corrected chi connectivity index (χ2v) is 10.9. The molecule has 1 N–H and O–H groups in total. The van der Waals surface area contributed by atoms with Crippen molar-refractivity contribution in [3.8, 4) is 0 Å². The summed E-state index contributed by atoms with van der Waals surface area (Å²) < 4.78 is 14.7. The van der Waals surface area contributed by atoms with Crippen LogP contribution in [0, 0.1) is 5.82 Å². The molecule has 4 nitrogen and oxygen atoms in total. The van der Waals surface area contributed by atoms with Gasteiger partial charge in [0, 0.05) is 35.3 Å². The normalized spacial score (nSPS) is 21.7. The number of fused-ring (bicyclic) bond motifs is 2. The van der Waals surface area contributed by atoms with Gasteiger partial charge in [-0.15, -0.1) is 0 Å². The number of piperidine rings is 1. The van der Waals surface area contributed by atoms with Crippen LogP contribution < -0.4 is 5.32 Å². The van der Waals surface area contributed by atoms with E-state index in [-0.39, 0.29) is 17.8 Å². The molecule has 39 heavy (non-hydrogen) atoms. The van der Waals surface area contributed by atoms with Gasteiger partial charge in [-0.3, -0.25) is 4.99 Å². The van der Waals surface area contributed by atoms with Gasteiger partial charge in [0.2, 0.25) is 0 Å². The second-order valence-electron chi connectivity index (χ2n) is 10.0. The van der Waals surface area contributed by atoms with Gasteiger partial charge in [-0.1, -0.05) is 83.9 Å². The summed E-state index contributed by atoms with van der Waals surface area (Å²) in [6.45, 7) is 0.856. The van der Waals surface area contributed by atoms with Crippen LogP contribution in [0.25, 0.3) is 0 Å². The SMILES string of the molecule is O=C(NCc1ccccc1)N1CC[C@@H](c2cccc(Cl)c2)[C@]2(C=Nc3cc(Cl)ccc32)[C@H]1c1cccc(F)c1. The first-order chi connectivity index (χ1) is 19.0. The van der Waals surface area contributed by atoms with Crippen molar-refractivity contribution in [3.05, 3.63) is 135 Å². The molecule has 4 aromatic carbocycles. The topological polar surface area (TPSA) is 44.7 Å². The lowest BCUT2D eigenvalue weighted by Crippen LogP contribution is -2.57. The minimum atomic E-state index is -0.777. The Labute approximate surface area is 237 Å². The number of halogens is 3. The van der Waals surface area contributed by atoms with Crippen molar-refractivity contribution in [1.29, 1.82) is 0 Å². The van der Waals surface area contributed by atoms with E-state index in [2.05, 4.69) is 11.4 Å². The van der Waals surface area contributed by atoms with Crippen LogP contribution >= 0.6 is 23.2 Å². The van der Waals surface area contributed by atoms with E-state index in [4.69, 9.17) is 28.2 Å². The first kappa shape index (κ1) is 25.6. The summed E-state index contributed by atoms with van der Waals surface area (Å²) in [6.07, 6.45) is 2.60. The number of likely N-dealkylation sites (tertiary alicyclic amines) is 1. The molecule has 4 aromatic rings. The van der Waals surface area contributed by atoms with E-state index >= 15 is 0 Å². The lowest BCUT2D eigenvalue weighted by Gasteiger charge is -2.52. The Balaban J connectivity index is 1.51. The van der Waals surface area contributed by atoms with Gasteiger partial charge >= 0.3 is 6.03 Å². The maximum Gasteiger partial charge on any atom is 0.318 e. The second kappa shape index (κ2) is 10.5. The number of carbonyl (C=O) groups is 1. The van der Waals surface area contributed by atoms with E-state index in [0.29, 0.717) is 35.1 Å². The number of nitrogens with one attached hydrogen (secondary N) is 1. The van der Waals surface area contributed by atoms with Crippen molar-refractivity contribution in [2.75, 3.05) is 6.54 Å². The third kappa shape index (κ3) is 4.70. The van der Waals surface area contributed by atoms with Gasteiger partial charge in [0.05, 0.1) is 17.1 Å². The van der Waals surface area contributed by atoms with Crippen LogP contribution in [0.2, 0.25) is 10.0 Å². The third-order valence-electron chi connectivity index (χ3n) is 7.81. The first-order valence-corrected chi connectivity index (χ1v) is 13.7. The Morgan fingerprint density at radius 2 is 1.69 bits per heavy atom. The summed E-state index contributed by atoms with van der Waals surface area (Å²) in [6, 6.07) is 29.1. The molecule has 2 amide bonds. The maximum atomic E-state index is 14.7. The fraction of sp³-hybridized carbons (Fsp3) is 0.188. The van der Waals surface area contributed by atoms with Crippen LogP contribution in [-0.2, 0) is 12.0 Å². The van der Waals surface area contributed by atoms with E-state index in [0.717, 1.165) is 22.4 Å². The molecule has 2 aliphatic heterocycles. The number of nitrogens with zero attached hydrogens (tertiary/aromatic N) is 2. The van der Waals surface area contributed by atoms with Crippen LogP contribution in [-0.4, -0.2) is 23.7 Å². The Morgan fingerprint density at radius 1 is 0.923 bits per heavy atom. The number of urea groups is 1. The van der Waals surface area contributed by atoms with E-state index in [1.807, 2.05) is 83.9 Å². The Bertz CT molecular complexity index is 1560. The molecule has 0 bridgehead atoms. The summed E-state index contributed by atoms with van der Waals surface area (Å²) in [4.78, 5) is 20.5. The van der Waals surface area contributed by atoms with Gasteiger partial charge in [0.15, 0.2) is 0 Å². The molecule has 0 aliphatic carbocycles. The third-order valence-corrected chi connectivity index (χ3v) is 8.28. The van der Waals surface area contributed by atoms with E-state index in [1.165, 1.54) is 12.1 Å². The molecule has 2 aliphatic rings. The zero-order valence-corrected chi connectivity index (χ0v) is 22.5. The molecule has 0 aromatic heterocycles. The van der Waals surface area contributed by atoms with Crippen molar-refractivity contribution in [2.24, 2.45) is 4.99 Å². The highest BCUT2D eigenvalue weighted by Crippen LogP contribution is 2.58. The fourth-order valence-electron chi connectivity index (χ4n) is 6.20. The number of hydrogen-bond donors (Lipinski definition) is 1. The summed E-state index contributed by atoms with van der Waals surface area (Å²) in [5.74, 6) is -0.433. The summed E-state index contributed by atoms with van der Waals surface area (Å²) in [5, 5.41) is 4.31. The molecule has 0 saturated carbocycles. The highest BCUT2D eigenvalue weighted by Gasteiger charge is 2.56. The van der Waals surface area contributed by atoms with Gasteiger partial charge in [-0.2, -0.15) is 0 Å². The fourth-order valence-corrected chi connectivity index (χ4v) is 6.56. The number of hydrogen-bond acceptors (Lipinski definition) is 2. The van der Waals surface area contributed by atoms with Crippen LogP contribution in [0.3, 0.4) is 0 Å². The average molecular weight is 558 g/mol. The number of aliphatic imine (C=N–C) groups is 1. The molecule has 2 heterocycles. The lowest BCUT2D eigenvalue weighted by molar-refractivity contribution is 0.107. The summed E-state index contributed by atoms with van der Waals surface area (Å²) in [7, 11) is 0. The number of amides is 2. The molecular weight excluding hydrogens is 532 g/mol. The Hall–Kier alpha value is -3.67. The zero-order valence-electron chi connectivity index (χ0n) is 21.0. The van der Waals surface area contributed by atoms with Crippen LogP contribution in [0.5, 0.6) is 0 Å². The highest BCUT2D eigenvalue weighted by atomic mass is 35.5.